The Kier molecular flexibility index (Phi) is 6.68. The van der Waals surface area contributed by atoms with Crippen molar-refractivity contribution >= 4 is 5.82 Å². The van der Waals surface area contributed by atoms with E-state index >= 15 is 0 Å². The maximum Gasteiger partial charge on any atom is 0.131 e. The van der Waals surface area contributed by atoms with Crippen LogP contribution in [0.3, 0.4) is 0 Å². The lowest BCUT2D eigenvalue weighted by molar-refractivity contribution is 0.283. The van der Waals surface area contributed by atoms with Gasteiger partial charge in [-0.25, -0.2) is 4.98 Å². The molecule has 0 aliphatic heterocycles. The van der Waals surface area contributed by atoms with Gasteiger partial charge in [0.2, 0.25) is 0 Å². The Morgan fingerprint density at radius 1 is 1.33 bits per heavy atom. The van der Waals surface area contributed by atoms with Gasteiger partial charge >= 0.3 is 0 Å². The fourth-order valence-electron chi connectivity index (χ4n) is 2.07. The fourth-order valence-corrected chi connectivity index (χ4v) is 2.07. The highest BCUT2D eigenvalue weighted by Crippen LogP contribution is 2.17. The summed E-state index contributed by atoms with van der Waals surface area (Å²) < 4.78 is 0. The molecule has 1 rings (SSSR count). The number of aromatic nitrogens is 1. The number of aliphatic hydroxyl groups excluding tert-OH is 1. The van der Waals surface area contributed by atoms with Gasteiger partial charge in [-0.2, -0.15) is 0 Å². The molecule has 102 valence electrons. The van der Waals surface area contributed by atoms with Gasteiger partial charge < -0.3 is 15.3 Å². The van der Waals surface area contributed by atoms with E-state index in [-0.39, 0.29) is 0 Å². The summed E-state index contributed by atoms with van der Waals surface area (Å²) in [5, 5.41) is 11.9. The van der Waals surface area contributed by atoms with Gasteiger partial charge in [0.1, 0.15) is 5.82 Å². The van der Waals surface area contributed by atoms with Gasteiger partial charge in [0.25, 0.3) is 0 Å². The van der Waals surface area contributed by atoms with Crippen LogP contribution in [0.15, 0.2) is 12.3 Å². The lowest BCUT2D eigenvalue weighted by atomic mass is 10.2. The molecule has 0 radical (unpaired) electrons. The summed E-state index contributed by atoms with van der Waals surface area (Å²) in [6.45, 7) is 4.24. The Labute approximate surface area is 110 Å². The summed E-state index contributed by atoms with van der Waals surface area (Å²) in [6.07, 6.45) is 4.98. The van der Waals surface area contributed by atoms with Crippen LogP contribution in [0.5, 0.6) is 0 Å². The zero-order valence-electron chi connectivity index (χ0n) is 11.7. The molecule has 4 heteroatoms. The molecule has 1 heterocycles. The second kappa shape index (κ2) is 8.06. The predicted octanol–water partition coefficient (Wildman–Crippen LogP) is 1.71. The topological polar surface area (TPSA) is 48.4 Å². The maximum atomic E-state index is 8.74. The first-order valence-electron chi connectivity index (χ1n) is 6.61. The van der Waals surface area contributed by atoms with Crippen molar-refractivity contribution in [2.45, 2.75) is 32.7 Å². The smallest absolute Gasteiger partial charge is 0.131 e. The molecular weight excluding hydrogens is 226 g/mol. The first-order chi connectivity index (χ1) is 8.69. The Morgan fingerprint density at radius 2 is 2.11 bits per heavy atom. The molecule has 0 unspecified atom stereocenters. The Balaban J connectivity index is 2.54. The lowest BCUT2D eigenvalue weighted by Crippen LogP contribution is -2.21. The van der Waals surface area contributed by atoms with E-state index in [0.29, 0.717) is 6.61 Å². The fraction of sp³-hybridized carbons (Fsp3) is 0.643. The van der Waals surface area contributed by atoms with Crippen molar-refractivity contribution in [2.75, 3.05) is 32.1 Å². The molecule has 0 saturated heterocycles. The van der Waals surface area contributed by atoms with Crippen LogP contribution >= 0.6 is 0 Å². The summed E-state index contributed by atoms with van der Waals surface area (Å²) in [4.78, 5) is 6.72. The molecule has 0 fully saturated rings. The third kappa shape index (κ3) is 4.63. The molecule has 0 amide bonds. The van der Waals surface area contributed by atoms with Crippen LogP contribution in [0.4, 0.5) is 5.82 Å². The minimum atomic E-state index is 0.291. The van der Waals surface area contributed by atoms with Gasteiger partial charge in [0, 0.05) is 32.9 Å². The van der Waals surface area contributed by atoms with E-state index in [0.717, 1.165) is 38.2 Å². The van der Waals surface area contributed by atoms with Crippen LogP contribution in [0.2, 0.25) is 0 Å². The molecule has 0 saturated carbocycles. The Morgan fingerprint density at radius 3 is 2.72 bits per heavy atom. The van der Waals surface area contributed by atoms with Crippen molar-refractivity contribution in [3.8, 4) is 0 Å². The molecule has 0 spiro atoms. The molecule has 0 atom stereocenters. The van der Waals surface area contributed by atoms with Crippen LogP contribution in [-0.2, 0) is 6.54 Å². The monoisotopic (exact) mass is 251 g/mol. The number of aryl methyl sites for hydroxylation is 1. The van der Waals surface area contributed by atoms with E-state index in [1.807, 2.05) is 13.2 Å². The third-order valence-electron chi connectivity index (χ3n) is 3.00. The van der Waals surface area contributed by atoms with Gasteiger partial charge in [-0.05, 0) is 50.4 Å². The van der Waals surface area contributed by atoms with Gasteiger partial charge in [-0.1, -0.05) is 0 Å². The van der Waals surface area contributed by atoms with Crippen LogP contribution in [0, 0.1) is 6.92 Å². The Bertz CT molecular complexity index is 355. The average Bonchev–Trinajstić information content (AvgIpc) is 2.35. The summed E-state index contributed by atoms with van der Waals surface area (Å²) in [7, 11) is 4.02. The number of hydrogen-bond donors (Lipinski definition) is 2. The van der Waals surface area contributed by atoms with Crippen LogP contribution in [-0.4, -0.2) is 37.3 Å². The van der Waals surface area contributed by atoms with E-state index in [4.69, 9.17) is 5.11 Å². The van der Waals surface area contributed by atoms with E-state index in [1.165, 1.54) is 11.1 Å². The standard InChI is InChI=1S/C14H25N3O/c1-12-9-13(10-15-2)11-16-14(12)17(3)7-5-4-6-8-18/h9,11,15,18H,4-8,10H2,1-3H3. The highest BCUT2D eigenvalue weighted by Gasteiger charge is 2.06. The highest BCUT2D eigenvalue weighted by atomic mass is 16.2. The van der Waals surface area contributed by atoms with Crippen LogP contribution < -0.4 is 10.2 Å². The molecule has 18 heavy (non-hydrogen) atoms. The maximum absolute atomic E-state index is 8.74. The van der Waals surface area contributed by atoms with Crippen molar-refractivity contribution in [2.24, 2.45) is 0 Å². The van der Waals surface area contributed by atoms with Gasteiger partial charge in [0.05, 0.1) is 0 Å². The van der Waals surface area contributed by atoms with Crippen molar-refractivity contribution in [1.29, 1.82) is 0 Å². The van der Waals surface area contributed by atoms with Crippen molar-refractivity contribution in [1.82, 2.24) is 10.3 Å². The number of nitrogens with one attached hydrogen (secondary N) is 1. The summed E-state index contributed by atoms with van der Waals surface area (Å²) >= 11 is 0. The largest absolute Gasteiger partial charge is 0.396 e. The predicted molar refractivity (Wildman–Crippen MR) is 75.9 cm³/mol. The molecule has 0 aliphatic rings. The molecule has 0 bridgehead atoms. The molecule has 1 aromatic rings. The molecular formula is C14H25N3O. The van der Waals surface area contributed by atoms with Crippen molar-refractivity contribution in [3.05, 3.63) is 23.4 Å². The number of unbranched alkanes of at least 4 members (excludes halogenated alkanes) is 2. The van der Waals surface area contributed by atoms with Gasteiger partial charge in [-0.15, -0.1) is 0 Å². The highest BCUT2D eigenvalue weighted by molar-refractivity contribution is 5.46. The first kappa shape index (κ1) is 14.9. The van der Waals surface area contributed by atoms with Crippen molar-refractivity contribution in [3.63, 3.8) is 0 Å². The molecule has 0 aromatic carbocycles. The average molecular weight is 251 g/mol. The summed E-state index contributed by atoms with van der Waals surface area (Å²) in [6, 6.07) is 2.18. The zero-order chi connectivity index (χ0) is 13.4. The number of anilines is 1. The number of hydrogen-bond acceptors (Lipinski definition) is 4. The van der Waals surface area contributed by atoms with Crippen LogP contribution in [0.25, 0.3) is 0 Å². The minimum Gasteiger partial charge on any atom is -0.396 e. The van der Waals surface area contributed by atoms with E-state index in [9.17, 15) is 0 Å². The van der Waals surface area contributed by atoms with E-state index < -0.39 is 0 Å². The van der Waals surface area contributed by atoms with Gasteiger partial charge in [-0.3, -0.25) is 0 Å². The number of aliphatic hydroxyl groups is 1. The normalized spacial score (nSPS) is 10.7. The van der Waals surface area contributed by atoms with Gasteiger partial charge in [0.15, 0.2) is 0 Å². The SMILES string of the molecule is CNCc1cnc(N(C)CCCCCO)c(C)c1. The third-order valence-corrected chi connectivity index (χ3v) is 3.00. The minimum absolute atomic E-state index is 0.291. The van der Waals surface area contributed by atoms with Crippen molar-refractivity contribution < 1.29 is 5.11 Å². The number of pyridine rings is 1. The lowest BCUT2D eigenvalue weighted by Gasteiger charge is -2.20. The molecule has 0 aliphatic carbocycles. The molecule has 4 nitrogen and oxygen atoms in total. The second-order valence-electron chi connectivity index (χ2n) is 4.72. The van der Waals surface area contributed by atoms with E-state index in [1.54, 1.807) is 0 Å². The number of rotatable bonds is 8. The zero-order valence-corrected chi connectivity index (χ0v) is 11.7. The molecule has 1 aromatic heterocycles. The summed E-state index contributed by atoms with van der Waals surface area (Å²) in [5.41, 5.74) is 2.43. The van der Waals surface area contributed by atoms with Crippen LogP contribution in [0.1, 0.15) is 30.4 Å². The summed E-state index contributed by atoms with van der Waals surface area (Å²) in [5.74, 6) is 1.05. The quantitative estimate of drug-likeness (QED) is 0.691. The number of nitrogens with zero attached hydrogens (tertiary/aromatic N) is 2. The molecule has 2 N–H and O–H groups in total. The second-order valence-corrected chi connectivity index (χ2v) is 4.72. The Hall–Kier alpha value is -1.13. The van der Waals surface area contributed by atoms with E-state index in [2.05, 4.69) is 35.2 Å². The first-order valence-corrected chi connectivity index (χ1v) is 6.61.